The standard InChI is InChI=1S/C58H54N3.Ir/c1-41(2)45-24-26-46(27-25-45)53-35-56(49-20-14-9-15-21-49)59-38-50(53)23-22-42-32-43(36-57(3,4)51-28-30-54(60-39-51)47-16-10-7-11-17-47)34-44(33-42)37-58(5,6)52-29-31-55(61-40-52)48-18-12-8-13-19-48;/h7-16,18,20,24-35,38-41H,22-23,36-37H2,1-6H3;/q-3;+3/i22D2,23D2,32D,33D,34D,41D;. The number of nitrogens with zero attached hydrogens (tertiary/aromatic N) is 3. The minimum absolute atomic E-state index is 0. The van der Waals surface area contributed by atoms with Crippen molar-refractivity contribution >= 4 is 0 Å². The number of rotatable bonds is 14. The topological polar surface area (TPSA) is 38.7 Å². The zero-order chi connectivity index (χ0) is 49.5. The Morgan fingerprint density at radius 1 is 0.565 bits per heavy atom. The van der Waals surface area contributed by atoms with Gasteiger partial charge in [0.1, 0.15) is 0 Å². The Labute approximate surface area is 394 Å². The number of aromatic nitrogens is 3. The molecule has 3 heterocycles. The maximum atomic E-state index is 9.95. The molecule has 3 nitrogen and oxygen atoms in total. The Hall–Kier alpha value is -5.80. The van der Waals surface area contributed by atoms with Gasteiger partial charge in [0, 0.05) is 25.4 Å². The molecule has 0 fully saturated rings. The molecule has 0 aliphatic heterocycles. The molecule has 8 aromatic rings. The average Bonchev–Trinajstić information content (AvgIpc) is 3.34. The van der Waals surface area contributed by atoms with Gasteiger partial charge in [-0.2, -0.15) is 0 Å². The van der Waals surface area contributed by atoms with E-state index in [0.717, 1.165) is 39.2 Å². The summed E-state index contributed by atoms with van der Waals surface area (Å²) in [5.74, 6) is -0.894. The molecule has 0 unspecified atom stereocenters. The van der Waals surface area contributed by atoms with Gasteiger partial charge in [-0.25, -0.2) is 0 Å². The summed E-state index contributed by atoms with van der Waals surface area (Å²) in [6, 6.07) is 47.9. The molecule has 3 aromatic heterocycles. The van der Waals surface area contributed by atoms with Gasteiger partial charge in [-0.15, -0.1) is 108 Å². The molecular formula is C58H54IrN3. The molecule has 0 amide bonds. The van der Waals surface area contributed by atoms with Crippen molar-refractivity contribution in [3.8, 4) is 44.9 Å². The zero-order valence-corrected chi connectivity index (χ0v) is 38.3. The van der Waals surface area contributed by atoms with Crippen molar-refractivity contribution in [1.29, 1.82) is 0 Å². The molecule has 310 valence electrons. The second-order valence-electron chi connectivity index (χ2n) is 17.0. The van der Waals surface area contributed by atoms with Crippen LogP contribution in [0.25, 0.3) is 44.9 Å². The third kappa shape index (κ3) is 10.6. The summed E-state index contributed by atoms with van der Waals surface area (Å²) in [4.78, 5) is 14.2. The molecule has 0 radical (unpaired) electrons. The summed E-state index contributed by atoms with van der Waals surface area (Å²) < 4.78 is 77.8. The van der Waals surface area contributed by atoms with Crippen LogP contribution in [0, 0.1) is 18.2 Å². The van der Waals surface area contributed by atoms with Gasteiger partial charge in [-0.1, -0.05) is 114 Å². The van der Waals surface area contributed by atoms with Crippen molar-refractivity contribution in [1.82, 2.24) is 15.0 Å². The largest absolute Gasteiger partial charge is 3.00 e. The van der Waals surface area contributed by atoms with Crippen molar-refractivity contribution in [3.63, 3.8) is 0 Å². The first-order valence-corrected chi connectivity index (χ1v) is 20.7. The first-order valence-electron chi connectivity index (χ1n) is 24.7. The number of benzene rings is 5. The summed E-state index contributed by atoms with van der Waals surface area (Å²) >= 11 is 0. The van der Waals surface area contributed by atoms with Crippen molar-refractivity contribution in [2.24, 2.45) is 0 Å². The van der Waals surface area contributed by atoms with Gasteiger partial charge >= 0.3 is 20.1 Å². The molecule has 0 saturated carbocycles. The molecule has 0 aliphatic carbocycles. The maximum Gasteiger partial charge on any atom is 3.00 e. The fourth-order valence-corrected chi connectivity index (χ4v) is 7.52. The normalized spacial score (nSPS) is 14.2. The van der Waals surface area contributed by atoms with Crippen LogP contribution in [0.15, 0.2) is 164 Å². The zero-order valence-electron chi connectivity index (χ0n) is 43.9. The second kappa shape index (κ2) is 19.5. The number of hydrogen-bond acceptors (Lipinski definition) is 3. The van der Waals surface area contributed by atoms with E-state index in [1.807, 2.05) is 131 Å². The third-order valence-electron chi connectivity index (χ3n) is 11.1. The molecule has 0 N–H and O–H groups in total. The molecule has 0 saturated heterocycles. The van der Waals surface area contributed by atoms with Gasteiger partial charge in [0.2, 0.25) is 0 Å². The SMILES string of the molecule is [2H]c1c(CC(C)(C)c2ccc(-c3[c-]cccc3)nc2)c([2H])c(C([2H])([2H])C([2H])([2H])c2cnc(-c3[c-]cccc3)cc2-c2ccc(C([2H])(C)C)cc2)c([2H])c1CC(C)(C)c1ccc(-c2[c-]cccc2)nc1.[Ir+3]. The first-order chi connectivity index (χ1) is 32.6. The van der Waals surface area contributed by atoms with Crippen LogP contribution in [0.3, 0.4) is 0 Å². The van der Waals surface area contributed by atoms with Crippen LogP contribution in [0.5, 0.6) is 0 Å². The third-order valence-corrected chi connectivity index (χ3v) is 11.1. The Morgan fingerprint density at radius 3 is 1.47 bits per heavy atom. The van der Waals surface area contributed by atoms with Crippen molar-refractivity contribution < 1.29 is 31.1 Å². The smallest absolute Gasteiger partial charge is 0.304 e. The summed E-state index contributed by atoms with van der Waals surface area (Å²) in [6.45, 7) is 11.5. The second-order valence-corrected chi connectivity index (χ2v) is 17.0. The van der Waals surface area contributed by atoms with Gasteiger partial charge in [0.05, 0.1) is 4.11 Å². The van der Waals surface area contributed by atoms with Crippen LogP contribution in [0.1, 0.15) is 97.3 Å². The van der Waals surface area contributed by atoms with Gasteiger partial charge in [-0.05, 0) is 109 Å². The van der Waals surface area contributed by atoms with E-state index >= 15 is 0 Å². The summed E-state index contributed by atoms with van der Waals surface area (Å²) in [7, 11) is 0. The van der Waals surface area contributed by atoms with E-state index in [9.17, 15) is 9.60 Å². The van der Waals surface area contributed by atoms with E-state index in [4.69, 9.17) is 11.3 Å². The molecule has 0 bridgehead atoms. The van der Waals surface area contributed by atoms with E-state index in [0.29, 0.717) is 22.4 Å². The quantitative estimate of drug-likeness (QED) is 0.102. The maximum absolute atomic E-state index is 9.95. The Kier molecular flexibility index (Phi) is 10.9. The van der Waals surface area contributed by atoms with Crippen LogP contribution >= 0.6 is 0 Å². The van der Waals surface area contributed by atoms with Crippen molar-refractivity contribution in [2.75, 3.05) is 0 Å². The van der Waals surface area contributed by atoms with E-state index in [1.54, 1.807) is 50.5 Å². The predicted octanol–water partition coefficient (Wildman–Crippen LogP) is 13.9. The van der Waals surface area contributed by atoms with Crippen LogP contribution < -0.4 is 0 Å². The predicted molar refractivity (Wildman–Crippen MR) is 252 cm³/mol. The van der Waals surface area contributed by atoms with Crippen molar-refractivity contribution in [3.05, 3.63) is 221 Å². The summed E-state index contributed by atoms with van der Waals surface area (Å²) in [5.41, 5.74) is 6.06. The minimum atomic E-state index is -3.02. The average molecular weight is 993 g/mol. The van der Waals surface area contributed by atoms with E-state index in [2.05, 4.69) is 23.2 Å². The molecular weight excluding hydrogens is 931 g/mol. The summed E-state index contributed by atoms with van der Waals surface area (Å²) in [6.07, 6.45) is -0.813. The molecule has 0 atom stereocenters. The molecule has 4 heteroatoms. The molecule has 62 heavy (non-hydrogen) atoms. The molecule has 0 spiro atoms. The van der Waals surface area contributed by atoms with Gasteiger partial charge in [0.15, 0.2) is 0 Å². The van der Waals surface area contributed by atoms with Crippen LogP contribution in [0.4, 0.5) is 0 Å². The number of hydrogen-bond donors (Lipinski definition) is 0. The van der Waals surface area contributed by atoms with Crippen molar-refractivity contribution in [2.45, 2.75) is 83.9 Å². The number of aryl methyl sites for hydroxylation is 1. The fraction of sp³-hybridized carbons (Fsp3) is 0.224. The number of pyridine rings is 3. The van der Waals surface area contributed by atoms with Crippen LogP contribution in [-0.4, -0.2) is 15.0 Å². The van der Waals surface area contributed by atoms with E-state index in [-0.39, 0.29) is 55.7 Å². The van der Waals surface area contributed by atoms with Gasteiger partial charge < -0.3 is 15.0 Å². The Morgan fingerprint density at radius 2 is 1.03 bits per heavy atom. The first kappa shape index (κ1) is 34.7. The fourth-order valence-electron chi connectivity index (χ4n) is 7.52. The van der Waals surface area contributed by atoms with Gasteiger partial charge in [0.25, 0.3) is 0 Å². The monoisotopic (exact) mass is 993 g/mol. The molecule has 5 aromatic carbocycles. The van der Waals surface area contributed by atoms with Gasteiger partial charge in [-0.3, -0.25) is 0 Å². The van der Waals surface area contributed by atoms with Crippen LogP contribution in [0.2, 0.25) is 0 Å². The van der Waals surface area contributed by atoms with E-state index in [1.165, 1.54) is 6.20 Å². The van der Waals surface area contributed by atoms with Crippen LogP contribution in [-0.2, 0) is 56.5 Å². The molecule has 0 aliphatic rings. The minimum Gasteiger partial charge on any atom is -0.304 e. The Bertz CT molecular complexity index is 2960. The Balaban J connectivity index is 0.00000722. The summed E-state index contributed by atoms with van der Waals surface area (Å²) in [5, 5.41) is 0. The molecule has 8 rings (SSSR count). The van der Waals surface area contributed by atoms with E-state index < -0.39 is 47.1 Å².